The number of hydrogen-bond donors (Lipinski definition) is 2. The van der Waals surface area contributed by atoms with Crippen LogP contribution < -0.4 is 15.5 Å². The summed E-state index contributed by atoms with van der Waals surface area (Å²) in [6, 6.07) is 17.5. The van der Waals surface area contributed by atoms with Crippen molar-refractivity contribution >= 4 is 46.4 Å². The van der Waals surface area contributed by atoms with Crippen LogP contribution in [0.15, 0.2) is 65.7 Å². The first kappa shape index (κ1) is 23.8. The van der Waals surface area contributed by atoms with Gasteiger partial charge in [0, 0.05) is 35.9 Å². The predicted molar refractivity (Wildman–Crippen MR) is 136 cm³/mol. The van der Waals surface area contributed by atoms with Crippen LogP contribution in [-0.2, 0) is 10.0 Å². The second-order valence-electron chi connectivity index (χ2n) is 7.71. The van der Waals surface area contributed by atoms with Crippen molar-refractivity contribution in [2.75, 3.05) is 18.4 Å². The SMILES string of the molecule is Bc1cnn2c(NCCCCNS(=O)(=O)c3ccccc3C#N)cc(-c3ccccc3Cl)nc12. The highest BCUT2D eigenvalue weighted by Crippen LogP contribution is 2.28. The van der Waals surface area contributed by atoms with Gasteiger partial charge < -0.3 is 5.32 Å². The van der Waals surface area contributed by atoms with E-state index in [9.17, 15) is 8.42 Å². The first-order chi connectivity index (χ1) is 16.4. The summed E-state index contributed by atoms with van der Waals surface area (Å²) >= 11 is 6.38. The fourth-order valence-electron chi connectivity index (χ4n) is 3.55. The van der Waals surface area contributed by atoms with E-state index in [-0.39, 0.29) is 17.0 Å². The molecule has 11 heteroatoms. The molecular weight excluding hydrogens is 471 g/mol. The molecule has 2 aromatic carbocycles. The lowest BCUT2D eigenvalue weighted by Gasteiger charge is -2.12. The summed E-state index contributed by atoms with van der Waals surface area (Å²) in [7, 11) is -1.79. The molecule has 0 radical (unpaired) electrons. The van der Waals surface area contributed by atoms with Crippen LogP contribution in [0.4, 0.5) is 5.82 Å². The van der Waals surface area contributed by atoms with Gasteiger partial charge in [-0.25, -0.2) is 18.1 Å². The van der Waals surface area contributed by atoms with Gasteiger partial charge in [0.1, 0.15) is 19.7 Å². The molecule has 172 valence electrons. The number of nitrogens with one attached hydrogen (secondary N) is 2. The number of unbranched alkanes of at least 4 members (excludes halogenated alkanes) is 1. The fourth-order valence-corrected chi connectivity index (χ4v) is 5.01. The first-order valence-corrected chi connectivity index (χ1v) is 12.6. The molecule has 4 rings (SSSR count). The molecule has 8 nitrogen and oxygen atoms in total. The van der Waals surface area contributed by atoms with E-state index in [0.717, 1.165) is 28.2 Å². The minimum atomic E-state index is -3.74. The summed E-state index contributed by atoms with van der Waals surface area (Å²) in [5, 5.41) is 17.6. The van der Waals surface area contributed by atoms with E-state index in [0.29, 0.717) is 24.4 Å². The van der Waals surface area contributed by atoms with Crippen LogP contribution in [0.2, 0.25) is 5.02 Å². The van der Waals surface area contributed by atoms with Gasteiger partial charge in [-0.05, 0) is 36.5 Å². The van der Waals surface area contributed by atoms with E-state index in [4.69, 9.17) is 21.8 Å². The third-order valence-electron chi connectivity index (χ3n) is 5.30. The van der Waals surface area contributed by atoms with E-state index < -0.39 is 10.0 Å². The molecule has 34 heavy (non-hydrogen) atoms. The van der Waals surface area contributed by atoms with Crippen molar-refractivity contribution in [3.05, 3.63) is 71.4 Å². The summed E-state index contributed by atoms with van der Waals surface area (Å²) in [5.74, 6) is 0.775. The van der Waals surface area contributed by atoms with Gasteiger partial charge >= 0.3 is 0 Å². The van der Waals surface area contributed by atoms with Crippen LogP contribution in [0.25, 0.3) is 16.9 Å². The van der Waals surface area contributed by atoms with Gasteiger partial charge in [0.25, 0.3) is 0 Å². The Morgan fingerprint density at radius 3 is 2.62 bits per heavy atom. The predicted octanol–water partition coefficient (Wildman–Crippen LogP) is 2.35. The van der Waals surface area contributed by atoms with Crippen molar-refractivity contribution in [3.8, 4) is 17.3 Å². The normalized spacial score (nSPS) is 11.4. The molecule has 2 heterocycles. The average molecular weight is 493 g/mol. The maximum absolute atomic E-state index is 12.5. The van der Waals surface area contributed by atoms with E-state index in [1.54, 1.807) is 22.8 Å². The Kier molecular flexibility index (Phi) is 7.17. The molecule has 0 atom stereocenters. The van der Waals surface area contributed by atoms with Crippen molar-refractivity contribution in [2.45, 2.75) is 17.7 Å². The lowest BCUT2D eigenvalue weighted by atomic mass is 10.0. The molecule has 0 aliphatic heterocycles. The smallest absolute Gasteiger partial charge is 0.241 e. The zero-order valence-corrected chi connectivity index (χ0v) is 20.1. The van der Waals surface area contributed by atoms with Crippen LogP contribution in [0.3, 0.4) is 0 Å². The number of sulfonamides is 1. The lowest BCUT2D eigenvalue weighted by molar-refractivity contribution is 0.577. The second-order valence-corrected chi connectivity index (χ2v) is 9.85. The van der Waals surface area contributed by atoms with Gasteiger partial charge in [-0.2, -0.15) is 14.9 Å². The third kappa shape index (κ3) is 5.07. The molecule has 0 saturated carbocycles. The van der Waals surface area contributed by atoms with Crippen LogP contribution in [-0.4, -0.2) is 44.0 Å². The monoisotopic (exact) mass is 492 g/mol. The molecule has 2 aromatic heterocycles. The van der Waals surface area contributed by atoms with Crippen LogP contribution in [0.1, 0.15) is 18.4 Å². The highest BCUT2D eigenvalue weighted by atomic mass is 35.5. The van der Waals surface area contributed by atoms with E-state index in [1.165, 1.54) is 12.1 Å². The molecular formula is C23H22BClN6O2S. The van der Waals surface area contributed by atoms with Crippen molar-refractivity contribution in [1.82, 2.24) is 19.3 Å². The number of nitriles is 1. The Hall–Kier alpha value is -3.39. The summed E-state index contributed by atoms with van der Waals surface area (Å²) in [6.45, 7) is 0.873. The van der Waals surface area contributed by atoms with Gasteiger partial charge in [-0.1, -0.05) is 41.9 Å². The molecule has 0 aliphatic carbocycles. The molecule has 2 N–H and O–H groups in total. The number of anilines is 1. The molecule has 0 fully saturated rings. The number of nitrogens with zero attached hydrogens (tertiary/aromatic N) is 4. The summed E-state index contributed by atoms with van der Waals surface area (Å²) in [4.78, 5) is 4.73. The number of rotatable bonds is 9. The average Bonchev–Trinajstić information content (AvgIpc) is 3.22. The van der Waals surface area contributed by atoms with Crippen molar-refractivity contribution in [2.24, 2.45) is 0 Å². The number of fused-ring (bicyclic) bond motifs is 1. The quantitative estimate of drug-likeness (QED) is 0.274. The fraction of sp³-hybridized carbons (Fsp3) is 0.174. The summed E-state index contributed by atoms with van der Waals surface area (Å²) in [6.07, 6.45) is 3.09. The van der Waals surface area contributed by atoms with Crippen molar-refractivity contribution < 1.29 is 8.42 Å². The van der Waals surface area contributed by atoms with Gasteiger partial charge in [-0.15, -0.1) is 0 Å². The molecule has 0 aliphatic rings. The van der Waals surface area contributed by atoms with Crippen LogP contribution in [0.5, 0.6) is 0 Å². The minimum absolute atomic E-state index is 0.00374. The number of halogens is 1. The zero-order chi connectivity index (χ0) is 24.1. The molecule has 0 saturated heterocycles. The Morgan fingerprint density at radius 2 is 1.82 bits per heavy atom. The molecule has 4 aromatic rings. The third-order valence-corrected chi connectivity index (χ3v) is 7.15. The Balaban J connectivity index is 1.40. The van der Waals surface area contributed by atoms with Gasteiger partial charge in [-0.3, -0.25) is 0 Å². The van der Waals surface area contributed by atoms with Gasteiger partial charge in [0.05, 0.1) is 16.2 Å². The standard InChI is InChI=1S/C23H22BClN6O2S/c24-18-15-28-31-22(13-20(30-23(18)31)17-8-2-3-9-19(17)25)27-11-5-6-12-29-34(32,33)21-10-4-1-7-16(21)14-26/h1-4,7-10,13,15,27,29H,5-6,11-12,24H2. The lowest BCUT2D eigenvalue weighted by Crippen LogP contribution is -2.26. The molecule has 0 amide bonds. The van der Waals surface area contributed by atoms with Gasteiger partial charge in [0.15, 0.2) is 5.65 Å². The largest absolute Gasteiger partial charge is 0.370 e. The van der Waals surface area contributed by atoms with Crippen LogP contribution in [0, 0.1) is 11.3 Å². The minimum Gasteiger partial charge on any atom is -0.370 e. The number of benzene rings is 2. The van der Waals surface area contributed by atoms with Gasteiger partial charge in [0.2, 0.25) is 10.0 Å². The van der Waals surface area contributed by atoms with Crippen molar-refractivity contribution in [1.29, 1.82) is 5.26 Å². The highest BCUT2D eigenvalue weighted by molar-refractivity contribution is 7.89. The Morgan fingerprint density at radius 1 is 1.09 bits per heavy atom. The summed E-state index contributed by atoms with van der Waals surface area (Å²) in [5.41, 5.74) is 3.39. The van der Waals surface area contributed by atoms with E-state index in [2.05, 4.69) is 15.1 Å². The van der Waals surface area contributed by atoms with E-state index in [1.807, 2.05) is 44.2 Å². The molecule has 0 bridgehead atoms. The molecule has 0 spiro atoms. The Bertz CT molecular complexity index is 1480. The first-order valence-electron chi connectivity index (χ1n) is 10.7. The second kappa shape index (κ2) is 10.3. The van der Waals surface area contributed by atoms with Crippen LogP contribution >= 0.6 is 11.6 Å². The molecule has 0 unspecified atom stereocenters. The maximum Gasteiger partial charge on any atom is 0.241 e. The maximum atomic E-state index is 12.5. The Labute approximate surface area is 204 Å². The summed E-state index contributed by atoms with van der Waals surface area (Å²) < 4.78 is 29.3. The number of aromatic nitrogens is 3. The van der Waals surface area contributed by atoms with Crippen molar-refractivity contribution in [3.63, 3.8) is 0 Å². The topological polar surface area (TPSA) is 112 Å². The van der Waals surface area contributed by atoms with E-state index >= 15 is 0 Å². The highest BCUT2D eigenvalue weighted by Gasteiger charge is 2.17. The number of hydrogen-bond acceptors (Lipinski definition) is 6. The zero-order valence-electron chi connectivity index (χ0n) is 18.5.